The molecule has 0 aromatic carbocycles. The van der Waals surface area contributed by atoms with E-state index in [2.05, 4.69) is 6.92 Å². The smallest absolute Gasteiger partial charge is 0.0535 e. The molecule has 78 valence electrons. The summed E-state index contributed by atoms with van der Waals surface area (Å²) in [5, 5.41) is 0. The SMILES string of the molecule is CCCCCCC1(CN)CCOC1. The molecular formula is C11H23NO. The van der Waals surface area contributed by atoms with Crippen molar-refractivity contribution in [2.75, 3.05) is 19.8 Å². The van der Waals surface area contributed by atoms with Crippen LogP contribution in [0.15, 0.2) is 0 Å². The molecule has 13 heavy (non-hydrogen) atoms. The van der Waals surface area contributed by atoms with E-state index in [4.69, 9.17) is 10.5 Å². The third-order valence-corrected chi connectivity index (χ3v) is 3.18. The van der Waals surface area contributed by atoms with E-state index >= 15 is 0 Å². The van der Waals surface area contributed by atoms with Gasteiger partial charge < -0.3 is 10.5 Å². The fraction of sp³-hybridized carbons (Fsp3) is 1.00. The van der Waals surface area contributed by atoms with Crippen molar-refractivity contribution >= 4 is 0 Å². The molecule has 1 aliphatic heterocycles. The molecule has 0 radical (unpaired) electrons. The molecule has 1 heterocycles. The van der Waals surface area contributed by atoms with E-state index in [0.29, 0.717) is 5.41 Å². The first kappa shape index (κ1) is 11.0. The average Bonchev–Trinajstić information content (AvgIpc) is 2.62. The predicted octanol–water partition coefficient (Wildman–Crippen LogP) is 2.32. The molecule has 1 aliphatic rings. The highest BCUT2D eigenvalue weighted by atomic mass is 16.5. The van der Waals surface area contributed by atoms with Crippen LogP contribution in [0, 0.1) is 5.41 Å². The molecule has 1 rings (SSSR count). The second kappa shape index (κ2) is 5.61. The summed E-state index contributed by atoms with van der Waals surface area (Å²) < 4.78 is 5.43. The van der Waals surface area contributed by atoms with Gasteiger partial charge >= 0.3 is 0 Å². The topological polar surface area (TPSA) is 35.2 Å². The van der Waals surface area contributed by atoms with Gasteiger partial charge in [-0.2, -0.15) is 0 Å². The lowest BCUT2D eigenvalue weighted by molar-refractivity contribution is 0.147. The summed E-state index contributed by atoms with van der Waals surface area (Å²) in [5.74, 6) is 0. The fourth-order valence-electron chi connectivity index (χ4n) is 2.04. The van der Waals surface area contributed by atoms with Gasteiger partial charge in [0.25, 0.3) is 0 Å². The largest absolute Gasteiger partial charge is 0.381 e. The quantitative estimate of drug-likeness (QED) is 0.645. The van der Waals surface area contributed by atoms with Gasteiger partial charge in [-0.3, -0.25) is 0 Å². The van der Waals surface area contributed by atoms with Crippen molar-refractivity contribution in [2.45, 2.75) is 45.4 Å². The minimum absolute atomic E-state index is 0.341. The number of hydrogen-bond donors (Lipinski definition) is 1. The Balaban J connectivity index is 2.16. The second-order valence-corrected chi connectivity index (χ2v) is 4.32. The molecule has 0 amide bonds. The lowest BCUT2D eigenvalue weighted by Crippen LogP contribution is -2.30. The van der Waals surface area contributed by atoms with Crippen LogP contribution in [0.1, 0.15) is 45.4 Å². The van der Waals surface area contributed by atoms with Gasteiger partial charge in [-0.1, -0.05) is 32.6 Å². The minimum Gasteiger partial charge on any atom is -0.381 e. The van der Waals surface area contributed by atoms with Gasteiger partial charge in [-0.15, -0.1) is 0 Å². The van der Waals surface area contributed by atoms with Crippen LogP contribution in [0.5, 0.6) is 0 Å². The molecule has 0 aliphatic carbocycles. The van der Waals surface area contributed by atoms with E-state index in [1.807, 2.05) is 0 Å². The lowest BCUT2D eigenvalue weighted by Gasteiger charge is -2.25. The Labute approximate surface area is 81.8 Å². The standard InChI is InChI=1S/C11H23NO/c1-2-3-4-5-6-11(9-12)7-8-13-10-11/h2-10,12H2,1H3. The Kier molecular flexibility index (Phi) is 4.74. The number of rotatable bonds is 6. The molecule has 1 saturated heterocycles. The maximum absolute atomic E-state index is 5.80. The van der Waals surface area contributed by atoms with Crippen molar-refractivity contribution in [3.05, 3.63) is 0 Å². The van der Waals surface area contributed by atoms with Crippen LogP contribution >= 0.6 is 0 Å². The highest BCUT2D eigenvalue weighted by Crippen LogP contribution is 2.33. The van der Waals surface area contributed by atoms with Crippen molar-refractivity contribution in [3.8, 4) is 0 Å². The molecule has 0 aromatic heterocycles. The number of unbranched alkanes of at least 4 members (excludes halogenated alkanes) is 3. The van der Waals surface area contributed by atoms with Crippen molar-refractivity contribution in [2.24, 2.45) is 11.1 Å². The molecule has 2 heteroatoms. The van der Waals surface area contributed by atoms with Crippen LogP contribution in [-0.4, -0.2) is 19.8 Å². The first-order chi connectivity index (χ1) is 6.33. The zero-order valence-electron chi connectivity index (χ0n) is 8.85. The Morgan fingerprint density at radius 3 is 2.69 bits per heavy atom. The van der Waals surface area contributed by atoms with Gasteiger partial charge in [0.2, 0.25) is 0 Å². The van der Waals surface area contributed by atoms with Crippen LogP contribution in [-0.2, 0) is 4.74 Å². The first-order valence-electron chi connectivity index (χ1n) is 5.61. The van der Waals surface area contributed by atoms with E-state index in [1.165, 1.54) is 38.5 Å². The summed E-state index contributed by atoms with van der Waals surface area (Å²) >= 11 is 0. The maximum atomic E-state index is 5.80. The van der Waals surface area contributed by atoms with Crippen molar-refractivity contribution in [3.63, 3.8) is 0 Å². The summed E-state index contributed by atoms with van der Waals surface area (Å²) in [4.78, 5) is 0. The third kappa shape index (κ3) is 3.28. The highest BCUT2D eigenvalue weighted by Gasteiger charge is 2.32. The van der Waals surface area contributed by atoms with Crippen molar-refractivity contribution in [1.82, 2.24) is 0 Å². The van der Waals surface area contributed by atoms with Crippen LogP contribution in [0.2, 0.25) is 0 Å². The van der Waals surface area contributed by atoms with E-state index in [1.54, 1.807) is 0 Å². The van der Waals surface area contributed by atoms with Gasteiger partial charge in [-0.25, -0.2) is 0 Å². The summed E-state index contributed by atoms with van der Waals surface area (Å²) in [5.41, 5.74) is 6.14. The van der Waals surface area contributed by atoms with Gasteiger partial charge in [0.15, 0.2) is 0 Å². The van der Waals surface area contributed by atoms with Crippen LogP contribution in [0.4, 0.5) is 0 Å². The van der Waals surface area contributed by atoms with E-state index in [9.17, 15) is 0 Å². The summed E-state index contributed by atoms with van der Waals surface area (Å²) in [7, 11) is 0. The average molecular weight is 185 g/mol. The molecule has 1 unspecified atom stereocenters. The number of hydrogen-bond acceptors (Lipinski definition) is 2. The van der Waals surface area contributed by atoms with Crippen LogP contribution < -0.4 is 5.73 Å². The van der Waals surface area contributed by atoms with Gasteiger partial charge in [0, 0.05) is 18.6 Å². The zero-order chi connectivity index (χ0) is 9.57. The lowest BCUT2D eigenvalue weighted by atomic mass is 9.82. The number of ether oxygens (including phenoxy) is 1. The molecular weight excluding hydrogens is 162 g/mol. The van der Waals surface area contributed by atoms with Gasteiger partial charge in [0.05, 0.1) is 6.61 Å². The zero-order valence-corrected chi connectivity index (χ0v) is 8.85. The normalized spacial score (nSPS) is 28.2. The van der Waals surface area contributed by atoms with Crippen molar-refractivity contribution in [1.29, 1.82) is 0 Å². The van der Waals surface area contributed by atoms with Crippen LogP contribution in [0.3, 0.4) is 0 Å². The van der Waals surface area contributed by atoms with Crippen molar-refractivity contribution < 1.29 is 4.74 Å². The van der Waals surface area contributed by atoms with Gasteiger partial charge in [0.1, 0.15) is 0 Å². The minimum atomic E-state index is 0.341. The Bertz CT molecular complexity index is 130. The highest BCUT2D eigenvalue weighted by molar-refractivity contribution is 4.83. The number of nitrogens with two attached hydrogens (primary N) is 1. The van der Waals surface area contributed by atoms with E-state index in [0.717, 1.165) is 19.8 Å². The Morgan fingerprint density at radius 1 is 1.31 bits per heavy atom. The Morgan fingerprint density at radius 2 is 2.15 bits per heavy atom. The first-order valence-corrected chi connectivity index (χ1v) is 5.61. The molecule has 1 atom stereocenters. The molecule has 0 spiro atoms. The molecule has 0 bridgehead atoms. The third-order valence-electron chi connectivity index (χ3n) is 3.18. The van der Waals surface area contributed by atoms with Gasteiger partial charge in [-0.05, 0) is 12.8 Å². The van der Waals surface area contributed by atoms with E-state index < -0.39 is 0 Å². The molecule has 2 N–H and O–H groups in total. The second-order valence-electron chi connectivity index (χ2n) is 4.32. The monoisotopic (exact) mass is 185 g/mol. The summed E-state index contributed by atoms with van der Waals surface area (Å²) in [6, 6.07) is 0. The molecule has 1 fully saturated rings. The Hall–Kier alpha value is -0.0800. The summed E-state index contributed by atoms with van der Waals surface area (Å²) in [6.07, 6.45) is 7.80. The summed E-state index contributed by atoms with van der Waals surface area (Å²) in [6.45, 7) is 4.87. The fourth-order valence-corrected chi connectivity index (χ4v) is 2.04. The maximum Gasteiger partial charge on any atom is 0.0535 e. The molecule has 0 aromatic rings. The molecule has 0 saturated carbocycles. The molecule has 2 nitrogen and oxygen atoms in total. The van der Waals surface area contributed by atoms with E-state index in [-0.39, 0.29) is 0 Å². The van der Waals surface area contributed by atoms with Crippen LogP contribution in [0.25, 0.3) is 0 Å². The predicted molar refractivity (Wildman–Crippen MR) is 55.7 cm³/mol.